The van der Waals surface area contributed by atoms with Gasteiger partial charge in [0.2, 0.25) is 15.9 Å². The van der Waals surface area contributed by atoms with E-state index in [4.69, 9.17) is 5.73 Å². The number of benzene rings is 1. The van der Waals surface area contributed by atoms with Crippen LogP contribution in [0.1, 0.15) is 38.2 Å². The molecule has 0 aliphatic carbocycles. The van der Waals surface area contributed by atoms with Gasteiger partial charge in [0.1, 0.15) is 0 Å². The fourth-order valence-electron chi connectivity index (χ4n) is 4.27. The highest BCUT2D eigenvalue weighted by Crippen LogP contribution is 2.28. The minimum atomic E-state index is -3.42. The third-order valence-electron chi connectivity index (χ3n) is 5.85. The number of hydrogen-bond acceptors (Lipinski definition) is 4. The molecular formula is C20H32ClN3O3S. The lowest BCUT2D eigenvalue weighted by atomic mass is 9.90. The number of amides is 1. The highest BCUT2D eigenvalue weighted by Gasteiger charge is 2.37. The summed E-state index contributed by atoms with van der Waals surface area (Å²) in [6, 6.07) is 9.29. The quantitative estimate of drug-likeness (QED) is 0.777. The zero-order chi connectivity index (χ0) is 19.4. The molecule has 158 valence electrons. The van der Waals surface area contributed by atoms with Crippen molar-refractivity contribution >= 4 is 28.3 Å². The Morgan fingerprint density at radius 1 is 1.18 bits per heavy atom. The van der Waals surface area contributed by atoms with Crippen molar-refractivity contribution in [1.29, 1.82) is 0 Å². The van der Waals surface area contributed by atoms with Gasteiger partial charge >= 0.3 is 0 Å². The summed E-state index contributed by atoms with van der Waals surface area (Å²) in [7, 11) is -3.42. The molecule has 1 aromatic carbocycles. The van der Waals surface area contributed by atoms with Gasteiger partial charge < -0.3 is 10.6 Å². The second kappa shape index (κ2) is 10.1. The molecule has 1 aromatic rings. The molecule has 0 bridgehead atoms. The van der Waals surface area contributed by atoms with Gasteiger partial charge in [0.25, 0.3) is 0 Å². The Bertz CT molecular complexity index is 744. The molecule has 2 fully saturated rings. The maximum absolute atomic E-state index is 13.1. The van der Waals surface area contributed by atoms with Crippen molar-refractivity contribution in [3.05, 3.63) is 35.9 Å². The van der Waals surface area contributed by atoms with Crippen LogP contribution < -0.4 is 5.73 Å². The van der Waals surface area contributed by atoms with Crippen LogP contribution in [0.15, 0.2) is 30.3 Å². The number of sulfonamides is 1. The summed E-state index contributed by atoms with van der Waals surface area (Å²) in [6.07, 6.45) is 3.40. The maximum atomic E-state index is 13.1. The number of nitrogens with zero attached hydrogens (tertiary/aromatic N) is 2. The van der Waals surface area contributed by atoms with Crippen LogP contribution in [0.2, 0.25) is 0 Å². The number of rotatable bonds is 5. The standard InChI is InChI=1S/C20H31N3O3S.ClH/c1-16-9-11-23(19(12-16)13-21)20(24)18-8-5-10-22(14-18)27(25,26)15-17-6-3-2-4-7-17;/h2-4,6-7,16,18-19H,5,8-15,21H2,1H3;1H. The van der Waals surface area contributed by atoms with Gasteiger partial charge in [-0.1, -0.05) is 37.3 Å². The average Bonchev–Trinajstić information content (AvgIpc) is 2.68. The highest BCUT2D eigenvalue weighted by atomic mass is 35.5. The van der Waals surface area contributed by atoms with E-state index >= 15 is 0 Å². The molecule has 0 radical (unpaired) electrons. The molecule has 2 aliphatic rings. The molecule has 28 heavy (non-hydrogen) atoms. The largest absolute Gasteiger partial charge is 0.338 e. The van der Waals surface area contributed by atoms with E-state index in [1.165, 1.54) is 4.31 Å². The Kier molecular flexibility index (Phi) is 8.30. The number of carbonyl (C=O) groups excluding carboxylic acids is 1. The first-order valence-corrected chi connectivity index (χ1v) is 11.5. The molecule has 3 rings (SSSR count). The van der Waals surface area contributed by atoms with E-state index in [-0.39, 0.29) is 42.6 Å². The van der Waals surface area contributed by atoms with Crippen molar-refractivity contribution in [1.82, 2.24) is 9.21 Å². The Balaban J connectivity index is 0.00000280. The van der Waals surface area contributed by atoms with Crippen LogP contribution in [0, 0.1) is 11.8 Å². The number of carbonyl (C=O) groups is 1. The molecule has 0 saturated carbocycles. The lowest BCUT2D eigenvalue weighted by molar-refractivity contribution is -0.140. The predicted octanol–water partition coefficient (Wildman–Crippen LogP) is 2.24. The Hall–Kier alpha value is -1.15. The van der Waals surface area contributed by atoms with E-state index in [0.717, 1.165) is 37.8 Å². The molecule has 8 heteroatoms. The highest BCUT2D eigenvalue weighted by molar-refractivity contribution is 7.88. The molecule has 0 spiro atoms. The third kappa shape index (κ3) is 5.47. The second-order valence-electron chi connectivity index (χ2n) is 7.99. The smallest absolute Gasteiger partial charge is 0.227 e. The van der Waals surface area contributed by atoms with Gasteiger partial charge in [-0.3, -0.25) is 4.79 Å². The minimum absolute atomic E-state index is 0. The second-order valence-corrected chi connectivity index (χ2v) is 9.96. The topological polar surface area (TPSA) is 83.7 Å². The van der Waals surface area contributed by atoms with Crippen LogP contribution in [0.25, 0.3) is 0 Å². The van der Waals surface area contributed by atoms with Crippen LogP contribution in [-0.2, 0) is 20.6 Å². The fourth-order valence-corrected chi connectivity index (χ4v) is 5.88. The van der Waals surface area contributed by atoms with Crippen LogP contribution in [0.5, 0.6) is 0 Å². The first-order valence-electron chi connectivity index (χ1n) is 9.93. The van der Waals surface area contributed by atoms with Gasteiger partial charge in [-0.15, -0.1) is 12.4 Å². The van der Waals surface area contributed by atoms with E-state index in [1.807, 2.05) is 35.2 Å². The predicted molar refractivity (Wildman–Crippen MR) is 114 cm³/mol. The third-order valence-corrected chi connectivity index (χ3v) is 7.67. The molecule has 3 atom stereocenters. The van der Waals surface area contributed by atoms with Crippen LogP contribution in [0.3, 0.4) is 0 Å². The van der Waals surface area contributed by atoms with E-state index < -0.39 is 10.0 Å². The summed E-state index contributed by atoms with van der Waals surface area (Å²) >= 11 is 0. The van der Waals surface area contributed by atoms with Crippen molar-refractivity contribution < 1.29 is 13.2 Å². The normalized spacial score (nSPS) is 26.5. The van der Waals surface area contributed by atoms with Gasteiger partial charge in [-0.25, -0.2) is 12.7 Å². The van der Waals surface area contributed by atoms with Crippen molar-refractivity contribution in [3.63, 3.8) is 0 Å². The Morgan fingerprint density at radius 2 is 1.89 bits per heavy atom. The van der Waals surface area contributed by atoms with Gasteiger partial charge in [0, 0.05) is 32.2 Å². The van der Waals surface area contributed by atoms with Gasteiger partial charge in [0.15, 0.2) is 0 Å². The monoisotopic (exact) mass is 429 g/mol. The van der Waals surface area contributed by atoms with Gasteiger partial charge in [0.05, 0.1) is 11.7 Å². The molecule has 6 nitrogen and oxygen atoms in total. The molecule has 2 heterocycles. The van der Waals surface area contributed by atoms with Gasteiger partial charge in [-0.05, 0) is 37.2 Å². The van der Waals surface area contributed by atoms with E-state index in [1.54, 1.807) is 0 Å². The number of likely N-dealkylation sites (tertiary alicyclic amines) is 1. The number of hydrogen-bond donors (Lipinski definition) is 1. The molecule has 3 unspecified atom stereocenters. The van der Waals surface area contributed by atoms with Crippen LogP contribution in [0.4, 0.5) is 0 Å². The zero-order valence-corrected chi connectivity index (χ0v) is 18.1. The number of piperidine rings is 2. The molecule has 2 aliphatic heterocycles. The van der Waals surface area contributed by atoms with Crippen molar-refractivity contribution in [3.8, 4) is 0 Å². The molecule has 0 aromatic heterocycles. The summed E-state index contributed by atoms with van der Waals surface area (Å²) in [5.41, 5.74) is 6.68. The fraction of sp³-hybridized carbons (Fsp3) is 0.650. The van der Waals surface area contributed by atoms with E-state index in [2.05, 4.69) is 6.92 Å². The minimum Gasteiger partial charge on any atom is -0.338 e. The summed E-state index contributed by atoms with van der Waals surface area (Å²) in [5, 5.41) is 0. The van der Waals surface area contributed by atoms with Crippen LogP contribution in [-0.4, -0.2) is 55.8 Å². The maximum Gasteiger partial charge on any atom is 0.227 e. The SMILES string of the molecule is CC1CCN(C(=O)C2CCCN(S(=O)(=O)Cc3ccccc3)C2)C(CN)C1.Cl. The molecule has 2 saturated heterocycles. The Morgan fingerprint density at radius 3 is 2.57 bits per heavy atom. The summed E-state index contributed by atoms with van der Waals surface area (Å²) in [4.78, 5) is 15.0. The summed E-state index contributed by atoms with van der Waals surface area (Å²) < 4.78 is 27.2. The van der Waals surface area contributed by atoms with Crippen molar-refractivity contribution in [2.75, 3.05) is 26.2 Å². The van der Waals surface area contributed by atoms with E-state index in [0.29, 0.717) is 19.0 Å². The molecule has 1 amide bonds. The first kappa shape index (κ1) is 23.1. The summed E-state index contributed by atoms with van der Waals surface area (Å²) in [6.45, 7) is 4.19. The molecular weight excluding hydrogens is 398 g/mol. The van der Waals surface area contributed by atoms with E-state index in [9.17, 15) is 13.2 Å². The lowest BCUT2D eigenvalue weighted by Gasteiger charge is -2.41. The average molecular weight is 430 g/mol. The van der Waals surface area contributed by atoms with Crippen LogP contribution >= 0.6 is 12.4 Å². The summed E-state index contributed by atoms with van der Waals surface area (Å²) in [5.74, 6) is 0.391. The number of halogens is 1. The van der Waals surface area contributed by atoms with Crippen molar-refractivity contribution in [2.45, 2.75) is 44.4 Å². The molecule has 2 N–H and O–H groups in total. The van der Waals surface area contributed by atoms with Crippen molar-refractivity contribution in [2.24, 2.45) is 17.6 Å². The van der Waals surface area contributed by atoms with Gasteiger partial charge in [-0.2, -0.15) is 0 Å². The zero-order valence-electron chi connectivity index (χ0n) is 16.5. The first-order chi connectivity index (χ1) is 12.9. The Labute approximate surface area is 174 Å². The number of nitrogens with two attached hydrogens (primary N) is 1. The lowest BCUT2D eigenvalue weighted by Crippen LogP contribution is -2.54.